The summed E-state index contributed by atoms with van der Waals surface area (Å²) < 4.78 is 33.4. The molecule has 0 aromatic heterocycles. The van der Waals surface area contributed by atoms with Crippen LogP contribution < -0.4 is 4.74 Å². The van der Waals surface area contributed by atoms with Gasteiger partial charge in [-0.15, -0.1) is 0 Å². The third-order valence-corrected chi connectivity index (χ3v) is 7.36. The average Bonchev–Trinajstić information content (AvgIpc) is 3.62. The Morgan fingerprint density at radius 3 is 2.41 bits per heavy atom. The smallest absolute Gasteiger partial charge is 0.253 e. The van der Waals surface area contributed by atoms with Crippen molar-refractivity contribution in [1.82, 2.24) is 9.80 Å². The summed E-state index contributed by atoms with van der Waals surface area (Å²) >= 11 is 0. The molecule has 2 saturated heterocycles. The van der Waals surface area contributed by atoms with Crippen LogP contribution >= 0.6 is 0 Å². The van der Waals surface area contributed by atoms with E-state index in [1.54, 1.807) is 11.0 Å². The maximum atomic E-state index is 15.1. The van der Waals surface area contributed by atoms with Crippen molar-refractivity contribution in [2.45, 2.75) is 71.2 Å². The molecular weight excluding hydrogens is 471 g/mol. The first-order chi connectivity index (χ1) is 17.6. The molecule has 2 aromatic carbocycles. The highest BCUT2D eigenvalue weighted by molar-refractivity contribution is 5.95. The molecule has 5 rings (SSSR count). The van der Waals surface area contributed by atoms with Gasteiger partial charge in [-0.3, -0.25) is 9.69 Å². The van der Waals surface area contributed by atoms with Crippen molar-refractivity contribution in [2.75, 3.05) is 26.2 Å². The van der Waals surface area contributed by atoms with Crippen LogP contribution in [0.3, 0.4) is 0 Å². The van der Waals surface area contributed by atoms with Gasteiger partial charge in [-0.2, -0.15) is 0 Å². The highest BCUT2D eigenvalue weighted by atomic mass is 19.1. The van der Waals surface area contributed by atoms with Crippen LogP contribution in [0.5, 0.6) is 5.75 Å². The molecule has 0 saturated carbocycles. The fourth-order valence-electron chi connectivity index (χ4n) is 5.34. The van der Waals surface area contributed by atoms with E-state index in [2.05, 4.69) is 11.0 Å². The van der Waals surface area contributed by atoms with E-state index in [4.69, 9.17) is 14.2 Å². The Morgan fingerprint density at radius 1 is 1.11 bits per heavy atom. The second-order valence-corrected chi connectivity index (χ2v) is 11.1. The van der Waals surface area contributed by atoms with Gasteiger partial charge in [-0.1, -0.05) is 18.2 Å². The summed E-state index contributed by atoms with van der Waals surface area (Å²) in [6.07, 6.45) is 3.39. The predicted molar refractivity (Wildman–Crippen MR) is 141 cm³/mol. The summed E-state index contributed by atoms with van der Waals surface area (Å²) in [6, 6.07) is 12.5. The molecule has 3 heterocycles. The molecule has 198 valence electrons. The Balaban J connectivity index is 1.39. The maximum Gasteiger partial charge on any atom is 0.253 e. The number of carbonyl (C=O) groups is 1. The van der Waals surface area contributed by atoms with Crippen molar-refractivity contribution in [3.8, 4) is 5.75 Å². The lowest BCUT2D eigenvalue weighted by atomic mass is 9.82. The third-order valence-electron chi connectivity index (χ3n) is 7.36. The zero-order chi connectivity index (χ0) is 26.4. The van der Waals surface area contributed by atoms with Crippen molar-refractivity contribution in [2.24, 2.45) is 0 Å². The summed E-state index contributed by atoms with van der Waals surface area (Å²) in [5.41, 5.74) is 2.01. The van der Waals surface area contributed by atoms with Gasteiger partial charge in [0, 0.05) is 44.6 Å². The lowest BCUT2D eigenvalue weighted by Gasteiger charge is -2.43. The van der Waals surface area contributed by atoms with Crippen LogP contribution in [0, 0.1) is 5.82 Å². The normalized spacial score (nSPS) is 22.7. The first kappa shape index (κ1) is 25.9. The van der Waals surface area contributed by atoms with Gasteiger partial charge in [-0.25, -0.2) is 4.39 Å². The quantitative estimate of drug-likeness (QED) is 0.485. The first-order valence-corrected chi connectivity index (χ1v) is 13.3. The molecule has 2 fully saturated rings. The third kappa shape index (κ3) is 5.31. The number of hydrogen-bond acceptors (Lipinski definition) is 5. The molecule has 3 aliphatic rings. The fourth-order valence-corrected chi connectivity index (χ4v) is 5.34. The van der Waals surface area contributed by atoms with Gasteiger partial charge < -0.3 is 19.1 Å². The zero-order valence-electron chi connectivity index (χ0n) is 22.4. The zero-order valence-corrected chi connectivity index (χ0v) is 22.4. The van der Waals surface area contributed by atoms with Gasteiger partial charge in [0.2, 0.25) is 0 Å². The van der Waals surface area contributed by atoms with Crippen LogP contribution in [-0.4, -0.2) is 65.6 Å². The lowest BCUT2D eigenvalue weighted by molar-refractivity contribution is -0.0583. The van der Waals surface area contributed by atoms with Crippen LogP contribution in [0.1, 0.15) is 68.9 Å². The van der Waals surface area contributed by atoms with Crippen LogP contribution in [-0.2, 0) is 9.47 Å². The number of halogens is 1. The van der Waals surface area contributed by atoms with Gasteiger partial charge in [0.05, 0.1) is 11.2 Å². The molecule has 6 nitrogen and oxygen atoms in total. The number of ether oxygens (including phenoxy) is 3. The minimum absolute atomic E-state index is 0.00368. The Kier molecular flexibility index (Phi) is 6.90. The summed E-state index contributed by atoms with van der Waals surface area (Å²) in [5, 5.41) is 0. The number of carbonyl (C=O) groups excluding carboxylic acids is 1. The summed E-state index contributed by atoms with van der Waals surface area (Å²) in [5.74, 6) is 0.253. The van der Waals surface area contributed by atoms with Crippen LogP contribution in [0.25, 0.3) is 5.57 Å². The minimum Gasteiger partial charge on any atom is -0.482 e. The van der Waals surface area contributed by atoms with E-state index < -0.39 is 5.60 Å². The molecule has 0 aliphatic carbocycles. The largest absolute Gasteiger partial charge is 0.482 e. The molecule has 37 heavy (non-hydrogen) atoms. The number of likely N-dealkylation sites (tertiary alicyclic amines) is 1. The molecule has 0 N–H and O–H groups in total. The maximum absolute atomic E-state index is 15.1. The van der Waals surface area contributed by atoms with Crippen LogP contribution in [0.2, 0.25) is 0 Å². The Bertz CT molecular complexity index is 1180. The monoisotopic (exact) mass is 508 g/mol. The van der Waals surface area contributed by atoms with E-state index in [1.807, 2.05) is 65.0 Å². The molecule has 1 amide bonds. The Labute approximate surface area is 219 Å². The number of nitrogens with zero attached hydrogens (tertiary/aromatic N) is 2. The van der Waals surface area contributed by atoms with E-state index in [1.165, 1.54) is 6.07 Å². The van der Waals surface area contributed by atoms with Crippen LogP contribution in [0.15, 0.2) is 48.5 Å². The molecule has 0 bridgehead atoms. The van der Waals surface area contributed by atoms with Crippen molar-refractivity contribution in [3.63, 3.8) is 0 Å². The van der Waals surface area contributed by atoms with Gasteiger partial charge in [0.25, 0.3) is 5.91 Å². The van der Waals surface area contributed by atoms with Gasteiger partial charge in [0.15, 0.2) is 12.5 Å². The molecule has 0 radical (unpaired) electrons. The van der Waals surface area contributed by atoms with E-state index in [9.17, 15) is 4.79 Å². The van der Waals surface area contributed by atoms with E-state index in [0.717, 1.165) is 37.1 Å². The Hall–Kier alpha value is -2.74. The number of epoxide rings is 1. The molecule has 2 atom stereocenters. The summed E-state index contributed by atoms with van der Waals surface area (Å²) in [4.78, 5) is 16.9. The van der Waals surface area contributed by atoms with E-state index in [-0.39, 0.29) is 29.8 Å². The van der Waals surface area contributed by atoms with Crippen molar-refractivity contribution in [3.05, 3.63) is 71.0 Å². The molecule has 7 heteroatoms. The van der Waals surface area contributed by atoms with Crippen LogP contribution in [0.4, 0.5) is 4.39 Å². The van der Waals surface area contributed by atoms with E-state index in [0.29, 0.717) is 30.0 Å². The molecular formula is C30H37FN2O4. The topological polar surface area (TPSA) is 54.5 Å². The van der Waals surface area contributed by atoms with E-state index >= 15 is 4.39 Å². The predicted octanol–water partition coefficient (Wildman–Crippen LogP) is 5.46. The number of amides is 1. The lowest BCUT2D eigenvalue weighted by Crippen LogP contribution is -2.49. The number of benzene rings is 2. The highest BCUT2D eigenvalue weighted by Crippen LogP contribution is 2.45. The molecule has 2 unspecified atom stereocenters. The number of fused-ring (bicyclic) bond motifs is 1. The van der Waals surface area contributed by atoms with Gasteiger partial charge in [-0.05, 0) is 76.1 Å². The first-order valence-electron chi connectivity index (χ1n) is 13.3. The summed E-state index contributed by atoms with van der Waals surface area (Å²) in [6.45, 7) is 12.9. The molecule has 2 aromatic rings. The highest BCUT2D eigenvalue weighted by Gasteiger charge is 2.50. The van der Waals surface area contributed by atoms with Crippen molar-refractivity contribution >= 4 is 11.5 Å². The van der Waals surface area contributed by atoms with Crippen molar-refractivity contribution < 1.29 is 23.4 Å². The van der Waals surface area contributed by atoms with Crippen molar-refractivity contribution in [1.29, 1.82) is 0 Å². The van der Waals surface area contributed by atoms with Gasteiger partial charge >= 0.3 is 0 Å². The Morgan fingerprint density at radius 2 is 1.78 bits per heavy atom. The molecule has 1 spiro atoms. The summed E-state index contributed by atoms with van der Waals surface area (Å²) in [7, 11) is 0. The number of rotatable bonds is 6. The second kappa shape index (κ2) is 9.86. The van der Waals surface area contributed by atoms with Gasteiger partial charge in [0.1, 0.15) is 17.2 Å². The minimum atomic E-state index is -0.530. The number of piperidine rings is 1. The standard InChI is InChI=1S/C30H37FN2O4/c1-6-32(7-2)26(34)21-13-11-20(12-14-21)22-19-30(36-24-10-8-9-23(31)25(22)24)15-17-33(18-16-30)27-28(35-27)37-29(3,4)5/h8-14,19,27-28H,6-7,15-18H2,1-5H3. The fraction of sp³-hybridized carbons (Fsp3) is 0.500. The SMILES string of the molecule is CCN(CC)C(=O)c1ccc(C2=CC3(CCN(C4OC4OC(C)(C)C)CC3)Oc3cccc(F)c32)cc1. The second-order valence-electron chi connectivity index (χ2n) is 11.1. The average molecular weight is 509 g/mol. The molecule has 3 aliphatic heterocycles. The number of hydrogen-bond donors (Lipinski definition) is 0.